The van der Waals surface area contributed by atoms with Crippen LogP contribution in [0, 0.1) is 0 Å². The van der Waals surface area contributed by atoms with E-state index in [1.54, 1.807) is 23.1 Å². The minimum atomic E-state index is -0.0397. The van der Waals surface area contributed by atoms with Crippen molar-refractivity contribution in [3.05, 3.63) is 96.6 Å². The number of hydrogen-bond donors (Lipinski definition) is 0. The summed E-state index contributed by atoms with van der Waals surface area (Å²) in [4.78, 5) is 20.8. The van der Waals surface area contributed by atoms with Gasteiger partial charge in [-0.25, -0.2) is 4.98 Å². The molecule has 0 bridgehead atoms. The Morgan fingerprint density at radius 3 is 2.03 bits per heavy atom. The van der Waals surface area contributed by atoms with Gasteiger partial charge in [-0.15, -0.1) is 11.8 Å². The van der Waals surface area contributed by atoms with E-state index < -0.39 is 0 Å². The second-order valence-corrected chi connectivity index (χ2v) is 8.79. The molecule has 3 nitrogen and oxygen atoms in total. The van der Waals surface area contributed by atoms with E-state index in [2.05, 4.69) is 36.4 Å². The topological polar surface area (TPSA) is 33.2 Å². The van der Waals surface area contributed by atoms with E-state index in [-0.39, 0.29) is 11.3 Å². The highest BCUT2D eigenvalue weighted by Gasteiger charge is 2.36. The molecule has 0 radical (unpaired) electrons. The molecular formula is C24H18N2OS2. The van der Waals surface area contributed by atoms with Gasteiger partial charge in [0.05, 0.1) is 16.3 Å². The van der Waals surface area contributed by atoms with Crippen molar-refractivity contribution in [1.82, 2.24) is 4.98 Å². The summed E-state index contributed by atoms with van der Waals surface area (Å²) in [6.45, 7) is 0. The van der Waals surface area contributed by atoms with Crippen LogP contribution in [-0.2, 0) is 4.79 Å². The van der Waals surface area contributed by atoms with Crippen molar-refractivity contribution in [2.24, 2.45) is 0 Å². The molecule has 4 aromatic rings. The molecule has 29 heavy (non-hydrogen) atoms. The van der Waals surface area contributed by atoms with Gasteiger partial charge in [-0.3, -0.25) is 9.69 Å². The number of hydrogen-bond acceptors (Lipinski definition) is 4. The van der Waals surface area contributed by atoms with E-state index in [1.165, 1.54) is 0 Å². The number of aromatic nitrogens is 1. The van der Waals surface area contributed by atoms with Gasteiger partial charge in [0.1, 0.15) is 5.37 Å². The number of nitrogens with zero attached hydrogens (tertiary/aromatic N) is 2. The highest BCUT2D eigenvalue weighted by Crippen LogP contribution is 2.47. The highest BCUT2D eigenvalue weighted by molar-refractivity contribution is 8.00. The molecule has 1 fully saturated rings. The number of benzene rings is 3. The Morgan fingerprint density at radius 2 is 1.38 bits per heavy atom. The molecule has 2 heterocycles. The molecule has 0 aliphatic carbocycles. The Morgan fingerprint density at radius 1 is 0.793 bits per heavy atom. The first kappa shape index (κ1) is 18.2. The lowest BCUT2D eigenvalue weighted by Crippen LogP contribution is -2.27. The molecule has 0 saturated carbocycles. The van der Waals surface area contributed by atoms with Crippen LogP contribution in [0.2, 0.25) is 0 Å². The van der Waals surface area contributed by atoms with Gasteiger partial charge in [-0.05, 0) is 11.1 Å². The van der Waals surface area contributed by atoms with Crippen LogP contribution in [0.5, 0.6) is 0 Å². The Balaban J connectivity index is 1.64. The molecule has 1 atom stereocenters. The third kappa shape index (κ3) is 3.48. The number of thioether (sulfide) groups is 1. The van der Waals surface area contributed by atoms with E-state index in [0.29, 0.717) is 5.75 Å². The minimum absolute atomic E-state index is 0.0397. The van der Waals surface area contributed by atoms with Gasteiger partial charge in [0.15, 0.2) is 5.13 Å². The quantitative estimate of drug-likeness (QED) is 0.395. The molecule has 142 valence electrons. The summed E-state index contributed by atoms with van der Waals surface area (Å²) in [6.07, 6.45) is 0. The fourth-order valence-corrected chi connectivity index (χ4v) is 5.85. The van der Waals surface area contributed by atoms with Crippen LogP contribution in [0.4, 0.5) is 5.13 Å². The zero-order valence-electron chi connectivity index (χ0n) is 15.6. The van der Waals surface area contributed by atoms with Gasteiger partial charge in [0, 0.05) is 5.56 Å². The SMILES string of the molecule is O=C1CS[C@@H](c2ccccc2)N1c1nc(-c2ccccc2)c(-c2ccccc2)s1. The van der Waals surface area contributed by atoms with Gasteiger partial charge in [-0.2, -0.15) is 0 Å². The van der Waals surface area contributed by atoms with Gasteiger partial charge < -0.3 is 0 Å². The molecule has 1 saturated heterocycles. The third-order valence-corrected chi connectivity index (χ3v) is 7.17. The van der Waals surface area contributed by atoms with E-state index in [1.807, 2.05) is 59.5 Å². The maximum Gasteiger partial charge on any atom is 0.240 e. The smallest absolute Gasteiger partial charge is 0.240 e. The van der Waals surface area contributed by atoms with Crippen LogP contribution < -0.4 is 4.90 Å². The summed E-state index contributed by atoms with van der Waals surface area (Å²) < 4.78 is 0. The predicted octanol–water partition coefficient (Wildman–Crippen LogP) is 6.26. The number of amides is 1. The number of carbonyl (C=O) groups excluding carboxylic acids is 1. The number of carbonyl (C=O) groups is 1. The van der Waals surface area contributed by atoms with Crippen LogP contribution in [-0.4, -0.2) is 16.6 Å². The molecular weight excluding hydrogens is 396 g/mol. The normalized spacial score (nSPS) is 16.3. The van der Waals surface area contributed by atoms with E-state index in [9.17, 15) is 4.79 Å². The fourth-order valence-electron chi connectivity index (χ4n) is 3.48. The van der Waals surface area contributed by atoms with Gasteiger partial charge >= 0.3 is 0 Å². The van der Waals surface area contributed by atoms with Crippen molar-refractivity contribution in [2.75, 3.05) is 10.7 Å². The van der Waals surface area contributed by atoms with Gasteiger partial charge in [-0.1, -0.05) is 102 Å². The van der Waals surface area contributed by atoms with Crippen molar-refractivity contribution in [3.8, 4) is 21.7 Å². The van der Waals surface area contributed by atoms with Crippen molar-refractivity contribution in [2.45, 2.75) is 5.37 Å². The molecule has 5 heteroatoms. The number of rotatable bonds is 4. The molecule has 5 rings (SSSR count). The Hall–Kier alpha value is -2.89. The molecule has 0 spiro atoms. The first-order valence-electron chi connectivity index (χ1n) is 9.41. The first-order valence-corrected chi connectivity index (χ1v) is 11.3. The number of thiazole rings is 1. The second kappa shape index (κ2) is 7.85. The van der Waals surface area contributed by atoms with E-state index >= 15 is 0 Å². The highest BCUT2D eigenvalue weighted by atomic mass is 32.2. The zero-order chi connectivity index (χ0) is 19.6. The molecule has 0 unspecified atom stereocenters. The molecule has 0 N–H and O–H groups in total. The van der Waals surface area contributed by atoms with Crippen LogP contribution in [0.25, 0.3) is 21.7 Å². The molecule has 1 aliphatic heterocycles. The lowest BCUT2D eigenvalue weighted by molar-refractivity contribution is -0.115. The fraction of sp³-hybridized carbons (Fsp3) is 0.0833. The van der Waals surface area contributed by atoms with Crippen LogP contribution in [0.1, 0.15) is 10.9 Å². The third-order valence-electron chi connectivity index (χ3n) is 4.86. The zero-order valence-corrected chi connectivity index (χ0v) is 17.2. The summed E-state index contributed by atoms with van der Waals surface area (Å²) in [7, 11) is 0. The van der Waals surface area contributed by atoms with Crippen molar-refractivity contribution in [3.63, 3.8) is 0 Å². The summed E-state index contributed by atoms with van der Waals surface area (Å²) in [6, 6.07) is 30.6. The maximum absolute atomic E-state index is 12.8. The summed E-state index contributed by atoms with van der Waals surface area (Å²) in [5.74, 6) is 0.581. The minimum Gasteiger partial charge on any atom is -0.273 e. The predicted molar refractivity (Wildman–Crippen MR) is 122 cm³/mol. The Labute approximate surface area is 178 Å². The summed E-state index contributed by atoms with van der Waals surface area (Å²) in [5, 5.41) is 0.716. The summed E-state index contributed by atoms with van der Waals surface area (Å²) >= 11 is 3.24. The second-order valence-electron chi connectivity index (χ2n) is 6.74. The van der Waals surface area contributed by atoms with Crippen LogP contribution in [0.15, 0.2) is 91.0 Å². The molecule has 1 aromatic heterocycles. The van der Waals surface area contributed by atoms with Crippen molar-refractivity contribution in [1.29, 1.82) is 0 Å². The first-order chi connectivity index (χ1) is 14.3. The Bertz CT molecular complexity index is 1070. The standard InChI is InChI=1S/C24H18N2OS2/c27-20-16-28-23(19-14-8-3-9-15-19)26(20)24-25-21(17-10-4-1-5-11-17)22(29-24)18-12-6-2-7-13-18/h1-15,23H,16H2/t23-/m0/s1. The van der Waals surface area contributed by atoms with Gasteiger partial charge in [0.2, 0.25) is 5.91 Å². The Kier molecular flexibility index (Phi) is 4.92. The van der Waals surface area contributed by atoms with Crippen LogP contribution in [0.3, 0.4) is 0 Å². The van der Waals surface area contributed by atoms with Crippen molar-refractivity contribution < 1.29 is 4.79 Å². The summed E-state index contributed by atoms with van der Waals surface area (Å²) in [5.41, 5.74) is 4.23. The lowest BCUT2D eigenvalue weighted by Gasteiger charge is -2.21. The van der Waals surface area contributed by atoms with Crippen molar-refractivity contribution >= 4 is 34.1 Å². The largest absolute Gasteiger partial charge is 0.273 e. The monoisotopic (exact) mass is 414 g/mol. The van der Waals surface area contributed by atoms with Gasteiger partial charge in [0.25, 0.3) is 0 Å². The maximum atomic E-state index is 12.8. The van der Waals surface area contributed by atoms with E-state index in [0.717, 1.165) is 32.4 Å². The number of anilines is 1. The molecule has 1 amide bonds. The van der Waals surface area contributed by atoms with E-state index in [4.69, 9.17) is 4.98 Å². The molecule has 1 aliphatic rings. The average molecular weight is 415 g/mol. The average Bonchev–Trinajstić information content (AvgIpc) is 3.39. The van der Waals surface area contributed by atoms with Crippen LogP contribution >= 0.6 is 23.1 Å². The molecule has 3 aromatic carbocycles. The lowest BCUT2D eigenvalue weighted by atomic mass is 10.1.